The molecule has 4 rings (SSSR count). The lowest BCUT2D eigenvalue weighted by molar-refractivity contribution is 0.866. The SMILES string of the molecule is Nc1ccc2c(sc3ccccc32)c1[C@H]1C=CC=CC1. The van der Waals surface area contributed by atoms with Crippen molar-refractivity contribution in [3.8, 4) is 0 Å². The van der Waals surface area contributed by atoms with Crippen LogP contribution >= 0.6 is 11.3 Å². The van der Waals surface area contributed by atoms with Crippen molar-refractivity contribution in [2.24, 2.45) is 0 Å². The number of fused-ring (bicyclic) bond motifs is 3. The summed E-state index contributed by atoms with van der Waals surface area (Å²) in [6, 6.07) is 12.8. The summed E-state index contributed by atoms with van der Waals surface area (Å²) in [6.07, 6.45) is 9.75. The second-order valence-electron chi connectivity index (χ2n) is 5.20. The number of rotatable bonds is 1. The number of benzene rings is 2. The lowest BCUT2D eigenvalue weighted by Gasteiger charge is -2.16. The van der Waals surface area contributed by atoms with Crippen LogP contribution in [0.3, 0.4) is 0 Å². The molecule has 3 aromatic rings. The fourth-order valence-electron chi connectivity index (χ4n) is 3.00. The van der Waals surface area contributed by atoms with Crippen LogP contribution in [0.2, 0.25) is 0 Å². The van der Waals surface area contributed by atoms with Gasteiger partial charge in [0.15, 0.2) is 0 Å². The molecule has 0 saturated carbocycles. The van der Waals surface area contributed by atoms with E-state index >= 15 is 0 Å². The molecule has 1 nitrogen and oxygen atoms in total. The molecule has 20 heavy (non-hydrogen) atoms. The molecule has 0 spiro atoms. The second-order valence-corrected chi connectivity index (χ2v) is 6.25. The number of thiophene rings is 1. The molecule has 1 atom stereocenters. The van der Waals surface area contributed by atoms with Gasteiger partial charge in [-0.2, -0.15) is 0 Å². The van der Waals surface area contributed by atoms with E-state index in [0.29, 0.717) is 5.92 Å². The summed E-state index contributed by atoms with van der Waals surface area (Å²) in [7, 11) is 0. The third kappa shape index (κ3) is 1.69. The molecule has 1 aliphatic carbocycles. The number of hydrogen-bond acceptors (Lipinski definition) is 2. The highest BCUT2D eigenvalue weighted by Gasteiger charge is 2.18. The zero-order valence-corrected chi connectivity index (χ0v) is 11.9. The molecule has 0 bridgehead atoms. The maximum atomic E-state index is 6.29. The molecular weight excluding hydrogens is 262 g/mol. The normalized spacial score (nSPS) is 18.1. The largest absolute Gasteiger partial charge is 0.398 e. The van der Waals surface area contributed by atoms with Gasteiger partial charge in [-0.1, -0.05) is 48.6 Å². The van der Waals surface area contributed by atoms with E-state index < -0.39 is 0 Å². The van der Waals surface area contributed by atoms with Crippen LogP contribution < -0.4 is 5.73 Å². The maximum Gasteiger partial charge on any atom is 0.0414 e. The van der Waals surface area contributed by atoms with Crippen LogP contribution in [0.25, 0.3) is 20.2 Å². The van der Waals surface area contributed by atoms with Crippen molar-refractivity contribution >= 4 is 37.2 Å². The topological polar surface area (TPSA) is 26.0 Å². The molecule has 2 aromatic carbocycles. The Morgan fingerprint density at radius 1 is 1.00 bits per heavy atom. The van der Waals surface area contributed by atoms with Crippen molar-refractivity contribution in [1.29, 1.82) is 0 Å². The van der Waals surface area contributed by atoms with Gasteiger partial charge in [0.1, 0.15) is 0 Å². The summed E-state index contributed by atoms with van der Waals surface area (Å²) < 4.78 is 2.68. The predicted molar refractivity (Wildman–Crippen MR) is 89.4 cm³/mol. The first-order chi connectivity index (χ1) is 9.84. The summed E-state index contributed by atoms with van der Waals surface area (Å²) in [5, 5.41) is 2.67. The van der Waals surface area contributed by atoms with E-state index in [1.54, 1.807) is 0 Å². The average molecular weight is 277 g/mol. The summed E-state index contributed by atoms with van der Waals surface area (Å²) in [5.41, 5.74) is 8.49. The van der Waals surface area contributed by atoms with Crippen molar-refractivity contribution in [3.05, 3.63) is 66.3 Å². The van der Waals surface area contributed by atoms with Crippen molar-refractivity contribution < 1.29 is 0 Å². The number of allylic oxidation sites excluding steroid dienone is 4. The van der Waals surface area contributed by atoms with Crippen molar-refractivity contribution in [3.63, 3.8) is 0 Å². The van der Waals surface area contributed by atoms with Crippen LogP contribution in [0.15, 0.2) is 60.7 Å². The molecule has 1 aliphatic rings. The van der Waals surface area contributed by atoms with Crippen LogP contribution in [0, 0.1) is 0 Å². The molecule has 2 heteroatoms. The monoisotopic (exact) mass is 277 g/mol. The molecule has 0 aliphatic heterocycles. The average Bonchev–Trinajstić information content (AvgIpc) is 2.86. The molecule has 1 heterocycles. The van der Waals surface area contributed by atoms with Gasteiger partial charge < -0.3 is 5.73 Å². The number of nitrogen functional groups attached to an aromatic ring is 1. The molecule has 0 amide bonds. The van der Waals surface area contributed by atoms with E-state index in [-0.39, 0.29) is 0 Å². The lowest BCUT2D eigenvalue weighted by atomic mass is 9.90. The first kappa shape index (κ1) is 11.7. The molecule has 0 unspecified atom stereocenters. The van der Waals surface area contributed by atoms with Gasteiger partial charge in [0.2, 0.25) is 0 Å². The fourth-order valence-corrected chi connectivity index (χ4v) is 4.32. The van der Waals surface area contributed by atoms with E-state index in [1.807, 2.05) is 11.3 Å². The zero-order chi connectivity index (χ0) is 13.5. The molecule has 2 N–H and O–H groups in total. The van der Waals surface area contributed by atoms with Gasteiger partial charge >= 0.3 is 0 Å². The van der Waals surface area contributed by atoms with Gasteiger partial charge in [-0.15, -0.1) is 11.3 Å². The smallest absolute Gasteiger partial charge is 0.0414 e. The Morgan fingerprint density at radius 3 is 2.75 bits per heavy atom. The van der Waals surface area contributed by atoms with Crippen LogP contribution in [0.1, 0.15) is 17.9 Å². The maximum absolute atomic E-state index is 6.29. The summed E-state index contributed by atoms with van der Waals surface area (Å²) >= 11 is 1.86. The highest BCUT2D eigenvalue weighted by Crippen LogP contribution is 2.42. The first-order valence-corrected chi connectivity index (χ1v) is 7.69. The van der Waals surface area contributed by atoms with Gasteiger partial charge in [-0.3, -0.25) is 0 Å². The molecular formula is C18H15NS. The van der Waals surface area contributed by atoms with Crippen molar-refractivity contribution in [1.82, 2.24) is 0 Å². The fraction of sp³-hybridized carbons (Fsp3) is 0.111. The van der Waals surface area contributed by atoms with E-state index in [0.717, 1.165) is 12.1 Å². The standard InChI is InChI=1S/C18H15NS/c19-15-11-10-14-13-8-4-5-9-16(13)20-18(14)17(15)12-6-2-1-3-7-12/h1-6,8-12H,7,19H2/t12-/m0/s1. The van der Waals surface area contributed by atoms with E-state index in [1.165, 1.54) is 25.7 Å². The second kappa shape index (κ2) is 4.50. The van der Waals surface area contributed by atoms with E-state index in [2.05, 4.69) is 60.7 Å². The summed E-state index contributed by atoms with van der Waals surface area (Å²) in [4.78, 5) is 0. The van der Waals surface area contributed by atoms with Crippen LogP contribution in [-0.2, 0) is 0 Å². The zero-order valence-electron chi connectivity index (χ0n) is 11.0. The van der Waals surface area contributed by atoms with Gasteiger partial charge in [-0.05, 0) is 18.6 Å². The molecule has 1 aromatic heterocycles. The van der Waals surface area contributed by atoms with Crippen LogP contribution in [-0.4, -0.2) is 0 Å². The minimum atomic E-state index is 0.400. The van der Waals surface area contributed by atoms with Crippen molar-refractivity contribution in [2.45, 2.75) is 12.3 Å². The highest BCUT2D eigenvalue weighted by molar-refractivity contribution is 7.26. The Balaban J connectivity index is 2.05. The third-order valence-electron chi connectivity index (χ3n) is 3.97. The molecule has 0 fully saturated rings. The Morgan fingerprint density at radius 2 is 1.90 bits per heavy atom. The van der Waals surface area contributed by atoms with Gasteiger partial charge in [-0.25, -0.2) is 0 Å². The Bertz CT molecular complexity index is 854. The molecule has 0 saturated heterocycles. The number of anilines is 1. The summed E-state index contributed by atoms with van der Waals surface area (Å²) in [6.45, 7) is 0. The van der Waals surface area contributed by atoms with Crippen LogP contribution in [0.4, 0.5) is 5.69 Å². The van der Waals surface area contributed by atoms with Gasteiger partial charge in [0.25, 0.3) is 0 Å². The Hall–Kier alpha value is -2.06. The lowest BCUT2D eigenvalue weighted by Crippen LogP contribution is -2.01. The number of hydrogen-bond donors (Lipinski definition) is 1. The Labute approximate surface area is 122 Å². The minimum absolute atomic E-state index is 0.400. The quantitative estimate of drug-likeness (QED) is 0.605. The molecule has 98 valence electrons. The predicted octanol–water partition coefficient (Wildman–Crippen LogP) is 5.24. The molecule has 0 radical (unpaired) electrons. The summed E-state index contributed by atoms with van der Waals surface area (Å²) in [5.74, 6) is 0.400. The van der Waals surface area contributed by atoms with Gasteiger partial charge in [0.05, 0.1) is 0 Å². The van der Waals surface area contributed by atoms with E-state index in [4.69, 9.17) is 5.73 Å². The number of nitrogens with two attached hydrogens (primary N) is 1. The van der Waals surface area contributed by atoms with Gasteiger partial charge in [0, 0.05) is 37.3 Å². The van der Waals surface area contributed by atoms with E-state index in [9.17, 15) is 0 Å². The minimum Gasteiger partial charge on any atom is -0.398 e. The Kier molecular flexibility index (Phi) is 2.64. The van der Waals surface area contributed by atoms with Crippen molar-refractivity contribution in [2.75, 3.05) is 5.73 Å². The third-order valence-corrected chi connectivity index (χ3v) is 5.19. The van der Waals surface area contributed by atoms with Crippen LogP contribution in [0.5, 0.6) is 0 Å². The highest BCUT2D eigenvalue weighted by atomic mass is 32.1. The first-order valence-electron chi connectivity index (χ1n) is 6.87.